The molecule has 5 rings (SSSR count). The van der Waals surface area contributed by atoms with Crippen molar-refractivity contribution in [2.75, 3.05) is 26.4 Å². The van der Waals surface area contributed by atoms with Crippen LogP contribution in [-0.4, -0.2) is 46.5 Å². The zero-order chi connectivity index (χ0) is 28.0. The molecule has 7 nitrogen and oxygen atoms in total. The van der Waals surface area contributed by atoms with Crippen molar-refractivity contribution in [1.82, 2.24) is 15.0 Å². The summed E-state index contributed by atoms with van der Waals surface area (Å²) in [6, 6.07) is 22.5. The lowest BCUT2D eigenvalue weighted by Crippen LogP contribution is -2.01. The fourth-order valence-electron chi connectivity index (χ4n) is 4.00. The number of rotatable bonds is 11. The van der Waals surface area contributed by atoms with Crippen LogP contribution >= 0.6 is 0 Å². The monoisotopic (exact) mass is 541 g/mol. The standard InChI is InChI=1S/C29H31N3O3.C4H8O/c1-3-5-19-34-23-15-11-21(12-16-23)27-30-28(22-13-17-24(18-14-22)35-20-6-4-2)32-29(31-27)25-9-7-8-10-26(25)33;1-2-4-5-3-1/h7-18,33H,3-6,19-20H2,1-2H3;1-4H2. The van der Waals surface area contributed by atoms with E-state index in [1.165, 1.54) is 12.8 Å². The van der Waals surface area contributed by atoms with E-state index in [1.54, 1.807) is 18.2 Å². The number of hydrogen-bond acceptors (Lipinski definition) is 7. The van der Waals surface area contributed by atoms with Crippen LogP contribution in [0, 0.1) is 0 Å². The number of phenols is 1. The van der Waals surface area contributed by atoms with Crippen LogP contribution in [-0.2, 0) is 4.74 Å². The van der Waals surface area contributed by atoms with Gasteiger partial charge in [-0.05, 0) is 86.3 Å². The highest BCUT2D eigenvalue weighted by Crippen LogP contribution is 2.30. The Morgan fingerprint density at radius 1 is 0.650 bits per heavy atom. The second kappa shape index (κ2) is 15.6. The number of phenolic OH excluding ortho intramolecular Hbond substituents is 1. The van der Waals surface area contributed by atoms with E-state index in [-0.39, 0.29) is 5.75 Å². The number of ether oxygens (including phenoxy) is 3. The Morgan fingerprint density at radius 3 is 1.55 bits per heavy atom. The molecule has 0 amide bonds. The molecule has 1 aromatic heterocycles. The third-order valence-electron chi connectivity index (χ3n) is 6.37. The number of hydrogen-bond donors (Lipinski definition) is 1. The number of unbranched alkanes of at least 4 members (excludes halogenated alkanes) is 2. The van der Waals surface area contributed by atoms with E-state index in [0.717, 1.165) is 61.5 Å². The molecule has 40 heavy (non-hydrogen) atoms. The lowest BCUT2D eigenvalue weighted by Gasteiger charge is -2.11. The first-order chi connectivity index (χ1) is 19.7. The molecule has 1 fully saturated rings. The fourth-order valence-corrected chi connectivity index (χ4v) is 4.00. The summed E-state index contributed by atoms with van der Waals surface area (Å²) in [5.74, 6) is 3.21. The Bertz CT molecular complexity index is 1230. The summed E-state index contributed by atoms with van der Waals surface area (Å²) in [5, 5.41) is 10.4. The number of benzene rings is 3. The van der Waals surface area contributed by atoms with Crippen LogP contribution in [0.25, 0.3) is 34.2 Å². The minimum absolute atomic E-state index is 0.120. The van der Waals surface area contributed by atoms with E-state index >= 15 is 0 Å². The van der Waals surface area contributed by atoms with E-state index in [2.05, 4.69) is 23.8 Å². The van der Waals surface area contributed by atoms with Gasteiger partial charge in [-0.3, -0.25) is 0 Å². The quantitative estimate of drug-likeness (QED) is 0.194. The van der Waals surface area contributed by atoms with Gasteiger partial charge < -0.3 is 19.3 Å². The molecule has 1 aliphatic heterocycles. The van der Waals surface area contributed by atoms with E-state index in [1.807, 2.05) is 54.6 Å². The first kappa shape index (κ1) is 29.0. The maximum atomic E-state index is 10.4. The molecule has 1 aliphatic rings. The largest absolute Gasteiger partial charge is 0.507 e. The summed E-state index contributed by atoms with van der Waals surface area (Å²) >= 11 is 0. The van der Waals surface area contributed by atoms with Gasteiger partial charge in [-0.25, -0.2) is 15.0 Å². The molecule has 0 atom stereocenters. The minimum Gasteiger partial charge on any atom is -0.507 e. The lowest BCUT2D eigenvalue weighted by molar-refractivity contribution is 0.198. The summed E-state index contributed by atoms with van der Waals surface area (Å²) < 4.78 is 16.5. The topological polar surface area (TPSA) is 86.6 Å². The van der Waals surface area contributed by atoms with Crippen molar-refractivity contribution in [3.8, 4) is 51.4 Å². The van der Waals surface area contributed by atoms with Gasteiger partial charge in [0.15, 0.2) is 17.5 Å². The molecule has 0 aliphatic carbocycles. The van der Waals surface area contributed by atoms with E-state index < -0.39 is 0 Å². The van der Waals surface area contributed by atoms with E-state index in [9.17, 15) is 5.11 Å². The van der Waals surface area contributed by atoms with Gasteiger partial charge in [-0.15, -0.1) is 0 Å². The number of para-hydroxylation sites is 1. The molecule has 0 unspecified atom stereocenters. The van der Waals surface area contributed by atoms with Gasteiger partial charge in [0, 0.05) is 24.3 Å². The Morgan fingerprint density at radius 2 is 1.12 bits per heavy atom. The summed E-state index contributed by atoms with van der Waals surface area (Å²) in [4.78, 5) is 14.1. The molecular weight excluding hydrogens is 502 g/mol. The molecular formula is C33H39N3O4. The first-order valence-corrected chi connectivity index (χ1v) is 14.3. The number of aromatic hydroxyl groups is 1. The zero-order valence-electron chi connectivity index (χ0n) is 23.5. The van der Waals surface area contributed by atoms with Gasteiger partial charge in [-0.1, -0.05) is 38.8 Å². The number of nitrogens with zero attached hydrogens (tertiary/aromatic N) is 3. The van der Waals surface area contributed by atoms with Crippen molar-refractivity contribution in [3.63, 3.8) is 0 Å². The summed E-state index contributed by atoms with van der Waals surface area (Å²) in [6.45, 7) is 7.67. The first-order valence-electron chi connectivity index (χ1n) is 14.3. The van der Waals surface area contributed by atoms with Crippen molar-refractivity contribution >= 4 is 0 Å². The van der Waals surface area contributed by atoms with Crippen molar-refractivity contribution in [2.24, 2.45) is 0 Å². The fraction of sp³-hybridized carbons (Fsp3) is 0.364. The third-order valence-corrected chi connectivity index (χ3v) is 6.37. The van der Waals surface area contributed by atoms with Crippen molar-refractivity contribution < 1.29 is 19.3 Å². The lowest BCUT2D eigenvalue weighted by atomic mass is 10.1. The molecule has 210 valence electrons. The summed E-state index contributed by atoms with van der Waals surface area (Å²) in [6.07, 6.45) is 6.77. The second-order valence-corrected chi connectivity index (χ2v) is 9.60. The van der Waals surface area contributed by atoms with Gasteiger partial charge >= 0.3 is 0 Å². The average Bonchev–Trinajstić information content (AvgIpc) is 3.59. The summed E-state index contributed by atoms with van der Waals surface area (Å²) in [7, 11) is 0. The summed E-state index contributed by atoms with van der Waals surface area (Å²) in [5.41, 5.74) is 2.23. The molecule has 0 spiro atoms. The molecule has 2 heterocycles. The normalized spacial score (nSPS) is 12.4. The molecule has 0 bridgehead atoms. The van der Waals surface area contributed by atoms with E-state index in [0.29, 0.717) is 36.3 Å². The molecule has 3 aromatic carbocycles. The van der Waals surface area contributed by atoms with Crippen molar-refractivity contribution in [2.45, 2.75) is 52.4 Å². The highest BCUT2D eigenvalue weighted by Gasteiger charge is 2.14. The van der Waals surface area contributed by atoms with Gasteiger partial charge in [-0.2, -0.15) is 0 Å². The smallest absolute Gasteiger partial charge is 0.167 e. The Balaban J connectivity index is 0.000000666. The van der Waals surface area contributed by atoms with Crippen LogP contribution in [0.3, 0.4) is 0 Å². The van der Waals surface area contributed by atoms with Crippen LogP contribution in [0.4, 0.5) is 0 Å². The predicted octanol–water partition coefficient (Wildman–Crippen LogP) is 7.73. The van der Waals surface area contributed by atoms with Crippen LogP contribution < -0.4 is 9.47 Å². The van der Waals surface area contributed by atoms with E-state index in [4.69, 9.17) is 19.2 Å². The molecule has 7 heteroatoms. The number of aromatic nitrogens is 3. The molecule has 4 aromatic rings. The van der Waals surface area contributed by atoms with Crippen molar-refractivity contribution in [1.29, 1.82) is 0 Å². The van der Waals surface area contributed by atoms with Gasteiger partial charge in [0.2, 0.25) is 0 Å². The van der Waals surface area contributed by atoms with Gasteiger partial charge in [0.25, 0.3) is 0 Å². The highest BCUT2D eigenvalue weighted by atomic mass is 16.5. The SMILES string of the molecule is C1CCOC1.CCCCOc1ccc(-c2nc(-c3ccc(OCCCC)cc3)nc(-c3ccccc3O)n2)cc1. The van der Waals surface area contributed by atoms with Gasteiger partial charge in [0.05, 0.1) is 18.8 Å². The molecule has 0 saturated carbocycles. The minimum atomic E-state index is 0.120. The Hall–Kier alpha value is -3.97. The molecule has 1 saturated heterocycles. The molecule has 0 radical (unpaired) electrons. The van der Waals surface area contributed by atoms with Crippen LogP contribution in [0.15, 0.2) is 72.8 Å². The van der Waals surface area contributed by atoms with Crippen LogP contribution in [0.1, 0.15) is 52.4 Å². The zero-order valence-corrected chi connectivity index (χ0v) is 23.5. The average molecular weight is 542 g/mol. The second-order valence-electron chi connectivity index (χ2n) is 9.60. The van der Waals surface area contributed by atoms with Gasteiger partial charge in [0.1, 0.15) is 17.2 Å². The Labute approximate surface area is 237 Å². The van der Waals surface area contributed by atoms with Crippen LogP contribution in [0.5, 0.6) is 17.2 Å². The Kier molecular flexibility index (Phi) is 11.3. The van der Waals surface area contributed by atoms with Crippen LogP contribution in [0.2, 0.25) is 0 Å². The van der Waals surface area contributed by atoms with Crippen molar-refractivity contribution in [3.05, 3.63) is 72.8 Å². The third kappa shape index (κ3) is 8.52. The predicted molar refractivity (Wildman–Crippen MR) is 159 cm³/mol. The maximum Gasteiger partial charge on any atom is 0.167 e. The molecule has 1 N–H and O–H groups in total. The highest BCUT2D eigenvalue weighted by molar-refractivity contribution is 5.69. The maximum absolute atomic E-state index is 10.4.